The minimum atomic E-state index is -0.505. The number of piperidine rings is 1. The number of nitrogens with zero attached hydrogens (tertiary/aromatic N) is 2. The Labute approximate surface area is 150 Å². The van der Waals surface area contributed by atoms with Crippen molar-refractivity contribution in [3.05, 3.63) is 63.7 Å². The molecule has 0 atom stereocenters. The van der Waals surface area contributed by atoms with Crippen molar-refractivity contribution in [3.63, 3.8) is 0 Å². The zero-order valence-electron chi connectivity index (χ0n) is 14.4. The second kappa shape index (κ2) is 7.35. The van der Waals surface area contributed by atoms with Gasteiger partial charge in [-0.05, 0) is 44.0 Å². The van der Waals surface area contributed by atoms with Crippen molar-refractivity contribution in [2.45, 2.75) is 26.2 Å². The molecule has 1 N–H and O–H groups in total. The minimum Gasteiger partial charge on any atom is -0.322 e. The molecule has 1 heterocycles. The molecule has 7 heteroatoms. The van der Waals surface area contributed by atoms with Crippen molar-refractivity contribution in [2.75, 3.05) is 16.8 Å². The minimum absolute atomic E-state index is 0.0780. The van der Waals surface area contributed by atoms with Gasteiger partial charge in [-0.25, -0.2) is 0 Å². The Morgan fingerprint density at radius 3 is 2.69 bits per heavy atom. The van der Waals surface area contributed by atoms with Gasteiger partial charge in [0.1, 0.15) is 0 Å². The summed E-state index contributed by atoms with van der Waals surface area (Å²) in [4.78, 5) is 36.9. The molecule has 2 aromatic rings. The van der Waals surface area contributed by atoms with E-state index < -0.39 is 10.8 Å². The smallest absolute Gasteiger partial charge is 0.273 e. The van der Waals surface area contributed by atoms with Gasteiger partial charge >= 0.3 is 0 Å². The highest BCUT2D eigenvalue weighted by molar-refractivity contribution is 6.06. The first kappa shape index (κ1) is 17.6. The number of rotatable bonds is 4. The zero-order valence-corrected chi connectivity index (χ0v) is 14.4. The molecule has 1 aliphatic heterocycles. The number of nitro groups is 1. The first-order chi connectivity index (χ1) is 12.5. The van der Waals surface area contributed by atoms with E-state index in [9.17, 15) is 19.7 Å². The summed E-state index contributed by atoms with van der Waals surface area (Å²) in [6, 6.07) is 11.5. The van der Waals surface area contributed by atoms with Crippen LogP contribution in [0.1, 0.15) is 35.2 Å². The van der Waals surface area contributed by atoms with E-state index >= 15 is 0 Å². The summed E-state index contributed by atoms with van der Waals surface area (Å²) in [7, 11) is 0. The summed E-state index contributed by atoms with van der Waals surface area (Å²) >= 11 is 0. The molecule has 0 radical (unpaired) electrons. The molecule has 0 aromatic heterocycles. The zero-order chi connectivity index (χ0) is 18.7. The van der Waals surface area contributed by atoms with Crippen LogP contribution in [0, 0.1) is 17.0 Å². The molecule has 0 bridgehead atoms. The lowest BCUT2D eigenvalue weighted by atomic mass is 10.1. The number of amides is 2. The summed E-state index contributed by atoms with van der Waals surface area (Å²) in [5.41, 5.74) is 1.75. The maximum Gasteiger partial charge on any atom is 0.273 e. The van der Waals surface area contributed by atoms with Crippen molar-refractivity contribution in [1.29, 1.82) is 0 Å². The fourth-order valence-electron chi connectivity index (χ4n) is 3.10. The van der Waals surface area contributed by atoms with Gasteiger partial charge in [-0.15, -0.1) is 0 Å². The van der Waals surface area contributed by atoms with Gasteiger partial charge in [-0.1, -0.05) is 12.1 Å². The van der Waals surface area contributed by atoms with E-state index in [1.165, 1.54) is 12.1 Å². The second-order valence-corrected chi connectivity index (χ2v) is 6.21. The van der Waals surface area contributed by atoms with Gasteiger partial charge in [-0.2, -0.15) is 0 Å². The molecule has 134 valence electrons. The molecule has 3 rings (SSSR count). The van der Waals surface area contributed by atoms with E-state index in [-0.39, 0.29) is 17.2 Å². The SMILES string of the molecule is Cc1c(C(=O)Nc2cccc(N3CCCCC3=O)c2)cccc1[N+](=O)[O-]. The molecule has 7 nitrogen and oxygen atoms in total. The van der Waals surface area contributed by atoms with Crippen LogP contribution in [-0.2, 0) is 4.79 Å². The summed E-state index contributed by atoms with van der Waals surface area (Å²) in [6.45, 7) is 2.22. The van der Waals surface area contributed by atoms with Gasteiger partial charge in [0, 0.05) is 41.5 Å². The molecule has 2 aromatic carbocycles. The average Bonchev–Trinajstić information content (AvgIpc) is 2.62. The number of anilines is 2. The number of hydrogen-bond donors (Lipinski definition) is 1. The van der Waals surface area contributed by atoms with Gasteiger partial charge < -0.3 is 10.2 Å². The van der Waals surface area contributed by atoms with Gasteiger partial charge in [0.05, 0.1) is 4.92 Å². The molecule has 1 aliphatic rings. The van der Waals surface area contributed by atoms with Gasteiger partial charge in [0.2, 0.25) is 5.91 Å². The van der Waals surface area contributed by atoms with Crippen molar-refractivity contribution in [2.24, 2.45) is 0 Å². The predicted molar refractivity (Wildman–Crippen MR) is 98.4 cm³/mol. The topological polar surface area (TPSA) is 92.6 Å². The Kier molecular flexibility index (Phi) is 4.97. The summed E-state index contributed by atoms with van der Waals surface area (Å²) in [6.07, 6.45) is 2.39. The summed E-state index contributed by atoms with van der Waals surface area (Å²) < 4.78 is 0. The maximum atomic E-state index is 12.5. The van der Waals surface area contributed by atoms with E-state index in [1.54, 1.807) is 36.1 Å². The lowest BCUT2D eigenvalue weighted by Gasteiger charge is -2.27. The van der Waals surface area contributed by atoms with Crippen LogP contribution in [-0.4, -0.2) is 23.3 Å². The number of benzene rings is 2. The largest absolute Gasteiger partial charge is 0.322 e. The first-order valence-electron chi connectivity index (χ1n) is 8.43. The fraction of sp³-hybridized carbons (Fsp3) is 0.263. The Morgan fingerprint density at radius 2 is 1.96 bits per heavy atom. The van der Waals surface area contributed by atoms with Crippen LogP contribution in [0.5, 0.6) is 0 Å². The van der Waals surface area contributed by atoms with E-state index in [1.807, 2.05) is 6.07 Å². The molecule has 0 aliphatic carbocycles. The van der Waals surface area contributed by atoms with E-state index in [0.717, 1.165) is 18.5 Å². The highest BCUT2D eigenvalue weighted by atomic mass is 16.6. The van der Waals surface area contributed by atoms with Crippen LogP contribution >= 0.6 is 0 Å². The van der Waals surface area contributed by atoms with Gasteiger partial charge in [0.25, 0.3) is 11.6 Å². The lowest BCUT2D eigenvalue weighted by molar-refractivity contribution is -0.385. The first-order valence-corrected chi connectivity index (χ1v) is 8.43. The van der Waals surface area contributed by atoms with Gasteiger partial charge in [0.15, 0.2) is 0 Å². The average molecular weight is 353 g/mol. The summed E-state index contributed by atoms with van der Waals surface area (Å²) in [5, 5.41) is 13.8. The van der Waals surface area contributed by atoms with Crippen molar-refractivity contribution < 1.29 is 14.5 Å². The third-order valence-corrected chi connectivity index (χ3v) is 4.49. The van der Waals surface area contributed by atoms with Gasteiger partial charge in [-0.3, -0.25) is 19.7 Å². The molecule has 0 saturated carbocycles. The normalized spacial score (nSPS) is 14.2. The third kappa shape index (κ3) is 3.56. The van der Waals surface area contributed by atoms with Crippen molar-refractivity contribution in [3.8, 4) is 0 Å². The number of carbonyl (C=O) groups excluding carboxylic acids is 2. The second-order valence-electron chi connectivity index (χ2n) is 6.21. The number of nitro benzene ring substituents is 1. The highest BCUT2D eigenvalue weighted by Crippen LogP contribution is 2.25. The Balaban J connectivity index is 1.82. The van der Waals surface area contributed by atoms with E-state index in [4.69, 9.17) is 0 Å². The molecule has 1 saturated heterocycles. The third-order valence-electron chi connectivity index (χ3n) is 4.49. The monoisotopic (exact) mass is 353 g/mol. The van der Waals surface area contributed by atoms with Crippen LogP contribution in [0.2, 0.25) is 0 Å². The quantitative estimate of drug-likeness (QED) is 0.670. The molecule has 2 amide bonds. The molecular formula is C19H19N3O4. The van der Waals surface area contributed by atoms with E-state index in [0.29, 0.717) is 24.2 Å². The Morgan fingerprint density at radius 1 is 1.19 bits per heavy atom. The van der Waals surface area contributed by atoms with Crippen LogP contribution in [0.3, 0.4) is 0 Å². The maximum absolute atomic E-state index is 12.5. The lowest BCUT2D eigenvalue weighted by Crippen LogP contribution is -2.35. The Bertz CT molecular complexity index is 879. The van der Waals surface area contributed by atoms with Crippen molar-refractivity contribution >= 4 is 28.9 Å². The Hall–Kier alpha value is -3.22. The number of carbonyl (C=O) groups is 2. The number of nitrogens with one attached hydrogen (secondary N) is 1. The summed E-state index contributed by atoms with van der Waals surface area (Å²) in [5.74, 6) is -0.345. The highest BCUT2D eigenvalue weighted by Gasteiger charge is 2.21. The molecule has 0 unspecified atom stereocenters. The fourth-order valence-corrected chi connectivity index (χ4v) is 3.10. The number of hydrogen-bond acceptors (Lipinski definition) is 4. The van der Waals surface area contributed by atoms with Crippen molar-refractivity contribution in [1.82, 2.24) is 0 Å². The molecule has 0 spiro atoms. The van der Waals surface area contributed by atoms with Crippen LogP contribution < -0.4 is 10.2 Å². The molecule has 26 heavy (non-hydrogen) atoms. The molecular weight excluding hydrogens is 334 g/mol. The van der Waals surface area contributed by atoms with Crippen LogP contribution in [0.25, 0.3) is 0 Å². The standard InChI is InChI=1S/C19H19N3O4/c1-13-16(8-5-9-17(13)22(25)26)19(24)20-14-6-4-7-15(12-14)21-11-3-2-10-18(21)23/h4-9,12H,2-3,10-11H2,1H3,(H,20,24). The van der Waals surface area contributed by atoms with Crippen LogP contribution in [0.15, 0.2) is 42.5 Å². The van der Waals surface area contributed by atoms with Crippen LogP contribution in [0.4, 0.5) is 17.1 Å². The molecule has 1 fully saturated rings. The van der Waals surface area contributed by atoms with E-state index in [2.05, 4.69) is 5.32 Å². The predicted octanol–water partition coefficient (Wildman–Crippen LogP) is 3.67.